The van der Waals surface area contributed by atoms with Crippen LogP contribution in [-0.2, 0) is 0 Å². The molecule has 3 atom stereocenters. The molecule has 0 radical (unpaired) electrons. The van der Waals surface area contributed by atoms with Gasteiger partial charge in [0.1, 0.15) is 5.75 Å². The summed E-state index contributed by atoms with van der Waals surface area (Å²) in [4.78, 5) is 0. The van der Waals surface area contributed by atoms with E-state index in [0.29, 0.717) is 23.7 Å². The third kappa shape index (κ3) is 3.65. The number of nitrogens with zero attached hydrogens (tertiary/aromatic N) is 1. The Kier molecular flexibility index (Phi) is 4.73. The number of hydrazone groups is 1. The van der Waals surface area contributed by atoms with Crippen LogP contribution in [-0.4, -0.2) is 24.0 Å². The highest BCUT2D eigenvalue weighted by Gasteiger charge is 2.35. The monoisotopic (exact) mass is 315 g/mol. The zero-order valence-electron chi connectivity index (χ0n) is 12.7. The van der Waals surface area contributed by atoms with Crippen LogP contribution < -0.4 is 15.5 Å². The number of rotatable bonds is 5. The second-order valence-electron chi connectivity index (χ2n) is 5.73. The van der Waals surface area contributed by atoms with Crippen molar-refractivity contribution in [1.29, 1.82) is 0 Å². The van der Waals surface area contributed by atoms with Gasteiger partial charge in [-0.15, -0.1) is 0 Å². The number of thiocarbonyl (C=S) groups is 1. The van der Waals surface area contributed by atoms with Crippen LogP contribution in [0.2, 0.25) is 0 Å². The SMILES string of the molecule is CCOc1ccc(C=NNC(=S)NC2CC3C=CC2C3)cc1. The molecule has 5 heteroatoms. The van der Waals surface area contributed by atoms with Crippen molar-refractivity contribution < 1.29 is 4.74 Å². The van der Waals surface area contributed by atoms with Crippen LogP contribution in [0.1, 0.15) is 25.3 Å². The Bertz CT molecular complexity index is 582. The molecule has 1 fully saturated rings. The third-order valence-electron chi connectivity index (χ3n) is 4.17. The van der Waals surface area contributed by atoms with E-state index in [9.17, 15) is 0 Å². The van der Waals surface area contributed by atoms with Crippen LogP contribution in [0, 0.1) is 11.8 Å². The maximum Gasteiger partial charge on any atom is 0.187 e. The minimum Gasteiger partial charge on any atom is -0.494 e. The van der Waals surface area contributed by atoms with E-state index in [4.69, 9.17) is 17.0 Å². The molecule has 2 bridgehead atoms. The second kappa shape index (κ2) is 6.92. The van der Waals surface area contributed by atoms with Crippen molar-refractivity contribution in [2.45, 2.75) is 25.8 Å². The Hall–Kier alpha value is -1.88. The summed E-state index contributed by atoms with van der Waals surface area (Å²) in [5, 5.41) is 8.13. The molecule has 0 aliphatic heterocycles. The third-order valence-corrected chi connectivity index (χ3v) is 4.38. The summed E-state index contributed by atoms with van der Waals surface area (Å²) in [5.41, 5.74) is 3.89. The fraction of sp³-hybridized carbons (Fsp3) is 0.412. The number of fused-ring (bicyclic) bond motifs is 2. The second-order valence-corrected chi connectivity index (χ2v) is 6.14. The number of hydrogen-bond donors (Lipinski definition) is 2. The highest BCUT2D eigenvalue weighted by atomic mass is 32.1. The van der Waals surface area contributed by atoms with Gasteiger partial charge in [-0.2, -0.15) is 5.10 Å². The summed E-state index contributed by atoms with van der Waals surface area (Å²) in [6, 6.07) is 8.25. The van der Waals surface area contributed by atoms with Crippen molar-refractivity contribution in [2.24, 2.45) is 16.9 Å². The van der Waals surface area contributed by atoms with Crippen molar-refractivity contribution in [3.8, 4) is 5.75 Å². The molecular formula is C17H21N3OS. The normalized spacial score (nSPS) is 25.6. The minimum absolute atomic E-state index is 0.454. The average Bonchev–Trinajstić information content (AvgIpc) is 3.12. The van der Waals surface area contributed by atoms with Gasteiger partial charge in [0.05, 0.1) is 12.8 Å². The first kappa shape index (κ1) is 15.0. The number of nitrogens with one attached hydrogen (secondary N) is 2. The van der Waals surface area contributed by atoms with Crippen molar-refractivity contribution in [2.75, 3.05) is 6.61 Å². The van der Waals surface area contributed by atoms with Crippen molar-refractivity contribution in [3.05, 3.63) is 42.0 Å². The largest absolute Gasteiger partial charge is 0.494 e. The zero-order chi connectivity index (χ0) is 15.4. The lowest BCUT2D eigenvalue weighted by Gasteiger charge is -2.20. The van der Waals surface area contributed by atoms with Crippen LogP contribution in [0.4, 0.5) is 0 Å². The van der Waals surface area contributed by atoms with E-state index < -0.39 is 0 Å². The van der Waals surface area contributed by atoms with Crippen LogP contribution in [0.15, 0.2) is 41.5 Å². The molecule has 1 saturated carbocycles. The summed E-state index contributed by atoms with van der Waals surface area (Å²) >= 11 is 5.30. The Morgan fingerprint density at radius 2 is 2.14 bits per heavy atom. The number of allylic oxidation sites excluding steroid dienone is 1. The van der Waals surface area contributed by atoms with E-state index in [1.165, 1.54) is 12.8 Å². The van der Waals surface area contributed by atoms with E-state index in [2.05, 4.69) is 28.0 Å². The predicted octanol–water partition coefficient (Wildman–Crippen LogP) is 2.85. The highest BCUT2D eigenvalue weighted by Crippen LogP contribution is 2.38. The first-order chi connectivity index (χ1) is 10.7. The smallest absolute Gasteiger partial charge is 0.187 e. The summed E-state index contributed by atoms with van der Waals surface area (Å²) in [5.74, 6) is 2.23. The summed E-state index contributed by atoms with van der Waals surface area (Å²) in [6.07, 6.45) is 8.81. The molecule has 116 valence electrons. The fourth-order valence-electron chi connectivity index (χ4n) is 3.13. The van der Waals surface area contributed by atoms with E-state index in [0.717, 1.165) is 17.2 Å². The molecule has 3 rings (SSSR count). The highest BCUT2D eigenvalue weighted by molar-refractivity contribution is 7.80. The quantitative estimate of drug-likeness (QED) is 0.380. The molecule has 22 heavy (non-hydrogen) atoms. The van der Waals surface area contributed by atoms with Crippen LogP contribution in [0.3, 0.4) is 0 Å². The lowest BCUT2D eigenvalue weighted by molar-refractivity contribution is 0.340. The van der Waals surface area contributed by atoms with Gasteiger partial charge >= 0.3 is 0 Å². The Morgan fingerprint density at radius 1 is 1.32 bits per heavy atom. The molecule has 4 nitrogen and oxygen atoms in total. The van der Waals surface area contributed by atoms with Gasteiger partial charge in [0, 0.05) is 6.04 Å². The molecule has 0 saturated heterocycles. The Balaban J connectivity index is 1.45. The van der Waals surface area contributed by atoms with Gasteiger partial charge < -0.3 is 10.1 Å². The topological polar surface area (TPSA) is 45.6 Å². The lowest BCUT2D eigenvalue weighted by atomic mass is 10.0. The Labute approximate surface area is 136 Å². The zero-order valence-corrected chi connectivity index (χ0v) is 13.5. The standard InChI is InChI=1S/C17H21N3OS/c1-2-21-15-7-4-12(5-8-15)11-18-20-17(22)19-16-10-13-3-6-14(16)9-13/h3-8,11,13-14,16H,2,9-10H2,1H3,(H2,19,20,22). The van der Waals surface area contributed by atoms with E-state index in [-0.39, 0.29) is 0 Å². The van der Waals surface area contributed by atoms with E-state index in [1.54, 1.807) is 6.21 Å². The van der Waals surface area contributed by atoms with Gasteiger partial charge in [-0.1, -0.05) is 12.2 Å². The summed E-state index contributed by atoms with van der Waals surface area (Å²) < 4.78 is 5.41. The number of ether oxygens (including phenoxy) is 1. The number of hydrogen-bond acceptors (Lipinski definition) is 3. The first-order valence-corrected chi connectivity index (χ1v) is 8.16. The first-order valence-electron chi connectivity index (χ1n) is 7.75. The predicted molar refractivity (Wildman–Crippen MR) is 93.2 cm³/mol. The summed E-state index contributed by atoms with van der Waals surface area (Å²) in [7, 11) is 0. The van der Waals surface area contributed by atoms with Crippen molar-refractivity contribution in [1.82, 2.24) is 10.7 Å². The molecule has 3 unspecified atom stereocenters. The number of benzene rings is 1. The van der Waals surface area contributed by atoms with Gasteiger partial charge in [0.25, 0.3) is 0 Å². The molecule has 2 aliphatic rings. The van der Waals surface area contributed by atoms with Crippen molar-refractivity contribution in [3.63, 3.8) is 0 Å². The molecule has 2 aliphatic carbocycles. The molecule has 0 amide bonds. The minimum atomic E-state index is 0.454. The van der Waals surface area contributed by atoms with Crippen LogP contribution >= 0.6 is 12.2 Å². The average molecular weight is 315 g/mol. The molecular weight excluding hydrogens is 294 g/mol. The van der Waals surface area contributed by atoms with E-state index in [1.807, 2.05) is 31.2 Å². The lowest BCUT2D eigenvalue weighted by Crippen LogP contribution is -2.42. The van der Waals surface area contributed by atoms with Gasteiger partial charge in [-0.3, -0.25) is 5.43 Å². The molecule has 2 N–H and O–H groups in total. The molecule has 0 aromatic heterocycles. The molecule has 0 heterocycles. The van der Waals surface area contributed by atoms with Gasteiger partial charge in [-0.25, -0.2) is 0 Å². The maximum atomic E-state index is 5.41. The van der Waals surface area contributed by atoms with Crippen molar-refractivity contribution >= 4 is 23.5 Å². The van der Waals surface area contributed by atoms with Crippen LogP contribution in [0.5, 0.6) is 5.75 Å². The fourth-order valence-corrected chi connectivity index (χ4v) is 3.33. The van der Waals surface area contributed by atoms with Crippen LogP contribution in [0.25, 0.3) is 0 Å². The molecule has 0 spiro atoms. The molecule has 1 aromatic carbocycles. The molecule has 1 aromatic rings. The summed E-state index contributed by atoms with van der Waals surface area (Å²) in [6.45, 7) is 2.65. The van der Waals surface area contributed by atoms with Gasteiger partial charge in [-0.05, 0) is 73.6 Å². The van der Waals surface area contributed by atoms with E-state index >= 15 is 0 Å². The maximum absolute atomic E-state index is 5.41. The van der Waals surface area contributed by atoms with Gasteiger partial charge in [0.2, 0.25) is 0 Å². The van der Waals surface area contributed by atoms with Gasteiger partial charge in [0.15, 0.2) is 5.11 Å². The Morgan fingerprint density at radius 3 is 2.77 bits per heavy atom.